The summed E-state index contributed by atoms with van der Waals surface area (Å²) in [5, 5.41) is 0. The van der Waals surface area contributed by atoms with E-state index in [1.165, 1.54) is 0 Å². The van der Waals surface area contributed by atoms with Crippen molar-refractivity contribution < 1.29 is 0 Å². The summed E-state index contributed by atoms with van der Waals surface area (Å²) in [5.74, 6) is 3.64. The molecule has 3 heterocycles. The Balaban J connectivity index is 1.13. The summed E-state index contributed by atoms with van der Waals surface area (Å²) in [6.07, 6.45) is 0. The Morgan fingerprint density at radius 3 is 1.21 bits per heavy atom. The highest BCUT2D eigenvalue weighted by Crippen LogP contribution is 2.38. The van der Waals surface area contributed by atoms with Crippen LogP contribution in [0.5, 0.6) is 0 Å². The minimum atomic E-state index is 0.587. The summed E-state index contributed by atoms with van der Waals surface area (Å²) in [5.41, 5.74) is 13.4. The zero-order chi connectivity index (χ0) is 41.8. The zero-order valence-electron chi connectivity index (χ0n) is 34.2. The highest BCUT2D eigenvalue weighted by molar-refractivity contribution is 5.88. The maximum atomic E-state index is 5.11. The van der Waals surface area contributed by atoms with E-state index in [4.69, 9.17) is 34.9 Å². The van der Waals surface area contributed by atoms with Crippen LogP contribution in [0.25, 0.3) is 102 Å². The number of aryl methyl sites for hydroxylation is 2. The maximum absolute atomic E-state index is 5.11. The number of nitrogens with zero attached hydrogens (tertiary/aromatic N) is 7. The molecule has 0 amide bonds. The van der Waals surface area contributed by atoms with Crippen molar-refractivity contribution in [3.8, 4) is 102 Å². The highest BCUT2D eigenvalue weighted by atomic mass is 15.0. The Hall–Kier alpha value is -8.29. The molecular weight excluding hydrogens is 759 g/mol. The summed E-state index contributed by atoms with van der Waals surface area (Å²) in [4.78, 5) is 35.2. The number of rotatable bonds is 9. The highest BCUT2D eigenvalue weighted by Gasteiger charge is 2.18. The molecule has 0 N–H and O–H groups in total. The van der Waals surface area contributed by atoms with Crippen LogP contribution in [0, 0.1) is 13.8 Å². The Morgan fingerprint density at radius 2 is 0.645 bits per heavy atom. The summed E-state index contributed by atoms with van der Waals surface area (Å²) in [7, 11) is 0. The fraction of sp³-hybridized carbons (Fsp3) is 0.0364. The lowest BCUT2D eigenvalue weighted by Gasteiger charge is -2.15. The maximum Gasteiger partial charge on any atom is 0.164 e. The molecule has 0 bridgehead atoms. The van der Waals surface area contributed by atoms with Gasteiger partial charge >= 0.3 is 0 Å². The largest absolute Gasteiger partial charge is 0.253 e. The van der Waals surface area contributed by atoms with Crippen LogP contribution in [0.1, 0.15) is 11.3 Å². The minimum Gasteiger partial charge on any atom is -0.253 e. The van der Waals surface area contributed by atoms with Gasteiger partial charge in [0.2, 0.25) is 0 Å². The van der Waals surface area contributed by atoms with Crippen molar-refractivity contribution >= 4 is 0 Å². The molecule has 7 nitrogen and oxygen atoms in total. The van der Waals surface area contributed by atoms with Gasteiger partial charge in [-0.3, -0.25) is 4.98 Å². The van der Waals surface area contributed by atoms with Crippen LogP contribution >= 0.6 is 0 Å². The summed E-state index contributed by atoms with van der Waals surface area (Å²) < 4.78 is 0. The van der Waals surface area contributed by atoms with Gasteiger partial charge in [0.15, 0.2) is 34.9 Å². The molecule has 10 aromatic rings. The van der Waals surface area contributed by atoms with Crippen molar-refractivity contribution in [2.75, 3.05) is 0 Å². The summed E-state index contributed by atoms with van der Waals surface area (Å²) in [6.45, 7) is 4.10. The lowest BCUT2D eigenvalue weighted by molar-refractivity contribution is 1.07. The van der Waals surface area contributed by atoms with Gasteiger partial charge in [-0.25, -0.2) is 29.9 Å². The molecule has 0 saturated heterocycles. The molecule has 0 unspecified atom stereocenters. The molecule has 0 spiro atoms. The lowest BCUT2D eigenvalue weighted by atomic mass is 9.92. The molecule has 0 atom stereocenters. The first-order chi connectivity index (χ1) is 30.5. The number of hydrogen-bond donors (Lipinski definition) is 0. The van der Waals surface area contributed by atoms with Crippen molar-refractivity contribution in [3.63, 3.8) is 0 Å². The van der Waals surface area contributed by atoms with E-state index in [1.807, 2.05) is 122 Å². The third-order valence-electron chi connectivity index (χ3n) is 10.7. The van der Waals surface area contributed by atoms with E-state index in [1.54, 1.807) is 0 Å². The topological polar surface area (TPSA) is 90.2 Å². The molecule has 0 fully saturated rings. The molecule has 3 aromatic heterocycles. The van der Waals surface area contributed by atoms with Crippen LogP contribution in [0.15, 0.2) is 200 Å². The summed E-state index contributed by atoms with van der Waals surface area (Å²) in [6, 6.07) is 68.0. The third kappa shape index (κ3) is 8.03. The van der Waals surface area contributed by atoms with Gasteiger partial charge in [-0.05, 0) is 78.6 Å². The lowest BCUT2D eigenvalue weighted by Crippen LogP contribution is -2.01. The quantitative estimate of drug-likeness (QED) is 0.144. The van der Waals surface area contributed by atoms with Crippen LogP contribution < -0.4 is 0 Å². The second-order valence-corrected chi connectivity index (χ2v) is 15.2. The van der Waals surface area contributed by atoms with Gasteiger partial charge in [-0.2, -0.15) is 0 Å². The van der Waals surface area contributed by atoms with Gasteiger partial charge in [0, 0.05) is 44.6 Å². The Morgan fingerprint density at radius 1 is 0.242 bits per heavy atom. The zero-order valence-corrected chi connectivity index (χ0v) is 34.2. The van der Waals surface area contributed by atoms with Gasteiger partial charge < -0.3 is 0 Å². The Bertz CT molecular complexity index is 3150. The number of benzene rings is 7. The van der Waals surface area contributed by atoms with Crippen LogP contribution in [0.3, 0.4) is 0 Å². The van der Waals surface area contributed by atoms with Gasteiger partial charge in [0.05, 0.1) is 5.69 Å². The van der Waals surface area contributed by atoms with Crippen LogP contribution in [-0.4, -0.2) is 34.9 Å². The average molecular weight is 798 g/mol. The molecule has 0 aliphatic heterocycles. The number of hydrogen-bond acceptors (Lipinski definition) is 7. The van der Waals surface area contributed by atoms with E-state index >= 15 is 0 Å². The van der Waals surface area contributed by atoms with Crippen LogP contribution in [-0.2, 0) is 0 Å². The van der Waals surface area contributed by atoms with E-state index in [2.05, 4.69) is 91.9 Å². The van der Waals surface area contributed by atoms with E-state index in [-0.39, 0.29) is 0 Å². The molecule has 0 radical (unpaired) electrons. The second-order valence-electron chi connectivity index (χ2n) is 15.2. The van der Waals surface area contributed by atoms with Gasteiger partial charge in [-0.1, -0.05) is 163 Å². The van der Waals surface area contributed by atoms with Gasteiger partial charge in [0.1, 0.15) is 0 Å². The second kappa shape index (κ2) is 16.8. The SMILES string of the molecule is Cc1cccc(-c2nc(-c3ccccc3)nc(-c3cccc(-c4cc(-c5cccc(C)n5)cc(-c5ccccc5-c5nc(-c6ccccc6)nc(-c6ccccc6)n5)c4)c3)n2)c1. The minimum absolute atomic E-state index is 0.587. The van der Waals surface area contributed by atoms with Crippen molar-refractivity contribution in [3.05, 3.63) is 211 Å². The number of pyridine rings is 1. The molecule has 7 aromatic carbocycles. The molecular formula is C55H39N7. The molecule has 0 aliphatic carbocycles. The standard InChI is InChI=1S/C55H39N7/c1-36-17-14-26-42(31-36)53-58-50(38-19-6-3-7-20-38)59-54(60-53)43-27-16-25-41(32-43)44-33-45(35-46(34-44)49-30-15-18-37(2)56-49)47-28-12-13-29-48(47)55-61-51(39-21-8-4-9-22-39)57-52(62-55)40-23-10-5-11-24-40/h3-35H,1-2H3. The van der Waals surface area contributed by atoms with E-state index in [0.717, 1.165) is 78.1 Å². The first-order valence-electron chi connectivity index (χ1n) is 20.6. The number of aromatic nitrogens is 7. The Labute approximate surface area is 360 Å². The monoisotopic (exact) mass is 797 g/mol. The normalized spacial score (nSPS) is 11.1. The first-order valence-corrected chi connectivity index (χ1v) is 20.6. The summed E-state index contributed by atoms with van der Waals surface area (Å²) >= 11 is 0. The fourth-order valence-electron chi connectivity index (χ4n) is 7.63. The van der Waals surface area contributed by atoms with Crippen LogP contribution in [0.2, 0.25) is 0 Å². The van der Waals surface area contributed by atoms with Crippen molar-refractivity contribution in [2.45, 2.75) is 13.8 Å². The van der Waals surface area contributed by atoms with Gasteiger partial charge in [-0.15, -0.1) is 0 Å². The Kier molecular flexibility index (Phi) is 10.3. The van der Waals surface area contributed by atoms with Crippen molar-refractivity contribution in [1.82, 2.24) is 34.9 Å². The average Bonchev–Trinajstić information content (AvgIpc) is 3.34. The molecule has 10 rings (SSSR count). The van der Waals surface area contributed by atoms with Crippen molar-refractivity contribution in [1.29, 1.82) is 0 Å². The van der Waals surface area contributed by atoms with Crippen LogP contribution in [0.4, 0.5) is 0 Å². The predicted molar refractivity (Wildman–Crippen MR) is 249 cm³/mol. The first kappa shape index (κ1) is 37.9. The fourth-order valence-corrected chi connectivity index (χ4v) is 7.63. The molecule has 0 saturated carbocycles. The van der Waals surface area contributed by atoms with E-state index in [9.17, 15) is 0 Å². The smallest absolute Gasteiger partial charge is 0.164 e. The van der Waals surface area contributed by atoms with E-state index < -0.39 is 0 Å². The third-order valence-corrected chi connectivity index (χ3v) is 10.7. The van der Waals surface area contributed by atoms with Crippen molar-refractivity contribution in [2.24, 2.45) is 0 Å². The molecule has 0 aliphatic rings. The van der Waals surface area contributed by atoms with Gasteiger partial charge in [0.25, 0.3) is 0 Å². The molecule has 294 valence electrons. The molecule has 7 heteroatoms. The molecule has 62 heavy (non-hydrogen) atoms. The van der Waals surface area contributed by atoms with E-state index in [0.29, 0.717) is 34.9 Å². The predicted octanol–water partition coefficient (Wildman–Crippen LogP) is 13.1.